The van der Waals surface area contributed by atoms with Crippen molar-refractivity contribution in [2.75, 3.05) is 0 Å². The van der Waals surface area contributed by atoms with Gasteiger partial charge < -0.3 is 9.84 Å². The van der Waals surface area contributed by atoms with Gasteiger partial charge in [0.05, 0.1) is 6.61 Å². The Morgan fingerprint density at radius 3 is 2.47 bits per heavy atom. The standard InChI is InChI=1S/C14H11Br2FO2/c15-13-4-3-12(5-10(13)7-18)19-8-9-1-2-11(17)6-14(9)16/h1-6,18H,7-8H2. The van der Waals surface area contributed by atoms with Crippen LogP contribution in [0.3, 0.4) is 0 Å². The summed E-state index contributed by atoms with van der Waals surface area (Å²) >= 11 is 6.63. The lowest BCUT2D eigenvalue weighted by Gasteiger charge is -2.10. The maximum atomic E-state index is 13.0. The highest BCUT2D eigenvalue weighted by atomic mass is 79.9. The summed E-state index contributed by atoms with van der Waals surface area (Å²) in [6, 6.07) is 9.86. The molecule has 2 aromatic carbocycles. The zero-order chi connectivity index (χ0) is 13.8. The van der Waals surface area contributed by atoms with Crippen LogP contribution in [0.5, 0.6) is 5.75 Å². The van der Waals surface area contributed by atoms with Crippen molar-refractivity contribution < 1.29 is 14.2 Å². The fourth-order valence-electron chi connectivity index (χ4n) is 1.56. The molecule has 0 radical (unpaired) electrons. The highest BCUT2D eigenvalue weighted by molar-refractivity contribution is 9.10. The van der Waals surface area contributed by atoms with E-state index in [1.807, 2.05) is 6.07 Å². The van der Waals surface area contributed by atoms with Gasteiger partial charge in [0.1, 0.15) is 18.2 Å². The van der Waals surface area contributed by atoms with Crippen molar-refractivity contribution in [2.24, 2.45) is 0 Å². The summed E-state index contributed by atoms with van der Waals surface area (Å²) < 4.78 is 20.1. The summed E-state index contributed by atoms with van der Waals surface area (Å²) in [4.78, 5) is 0. The molecule has 0 aliphatic carbocycles. The van der Waals surface area contributed by atoms with Crippen molar-refractivity contribution >= 4 is 31.9 Å². The minimum Gasteiger partial charge on any atom is -0.489 e. The van der Waals surface area contributed by atoms with E-state index in [4.69, 9.17) is 9.84 Å². The summed E-state index contributed by atoms with van der Waals surface area (Å²) in [5.41, 5.74) is 1.62. The Kier molecular flexibility index (Phi) is 4.96. The van der Waals surface area contributed by atoms with E-state index < -0.39 is 0 Å². The number of aliphatic hydroxyl groups excluding tert-OH is 1. The lowest BCUT2D eigenvalue weighted by Crippen LogP contribution is -1.98. The first-order valence-corrected chi connectivity index (χ1v) is 7.15. The third-order valence-electron chi connectivity index (χ3n) is 2.60. The van der Waals surface area contributed by atoms with Crippen molar-refractivity contribution in [1.82, 2.24) is 0 Å². The summed E-state index contributed by atoms with van der Waals surface area (Å²) in [5, 5.41) is 9.17. The van der Waals surface area contributed by atoms with Gasteiger partial charge in [0, 0.05) is 14.5 Å². The minimum absolute atomic E-state index is 0.0575. The molecule has 0 unspecified atom stereocenters. The molecule has 5 heteroatoms. The first-order valence-electron chi connectivity index (χ1n) is 5.56. The normalized spacial score (nSPS) is 10.5. The van der Waals surface area contributed by atoms with E-state index in [1.165, 1.54) is 12.1 Å². The van der Waals surface area contributed by atoms with Crippen molar-refractivity contribution in [3.05, 3.63) is 62.3 Å². The van der Waals surface area contributed by atoms with E-state index in [0.717, 1.165) is 15.6 Å². The smallest absolute Gasteiger partial charge is 0.124 e. The lowest BCUT2D eigenvalue weighted by molar-refractivity contribution is 0.277. The fraction of sp³-hybridized carbons (Fsp3) is 0.143. The molecule has 2 aromatic rings. The summed E-state index contributed by atoms with van der Waals surface area (Å²) in [6.07, 6.45) is 0. The Morgan fingerprint density at radius 2 is 1.79 bits per heavy atom. The molecule has 0 fully saturated rings. The Morgan fingerprint density at radius 1 is 1.00 bits per heavy atom. The van der Waals surface area contributed by atoms with Crippen LogP contribution in [0.1, 0.15) is 11.1 Å². The number of aliphatic hydroxyl groups is 1. The maximum absolute atomic E-state index is 13.0. The Balaban J connectivity index is 2.10. The topological polar surface area (TPSA) is 29.5 Å². The van der Waals surface area contributed by atoms with Crippen LogP contribution in [0.2, 0.25) is 0 Å². The summed E-state index contributed by atoms with van der Waals surface area (Å²) in [5.74, 6) is 0.366. The molecule has 0 aromatic heterocycles. The zero-order valence-corrected chi connectivity index (χ0v) is 13.0. The molecule has 2 nitrogen and oxygen atoms in total. The number of halogens is 3. The van der Waals surface area contributed by atoms with Gasteiger partial charge in [-0.2, -0.15) is 0 Å². The highest BCUT2D eigenvalue weighted by Crippen LogP contribution is 2.24. The van der Waals surface area contributed by atoms with Gasteiger partial charge in [0.25, 0.3) is 0 Å². The van der Waals surface area contributed by atoms with E-state index in [0.29, 0.717) is 16.8 Å². The van der Waals surface area contributed by atoms with Gasteiger partial charge in [-0.3, -0.25) is 0 Å². The second kappa shape index (κ2) is 6.50. The molecule has 100 valence electrons. The van der Waals surface area contributed by atoms with Crippen molar-refractivity contribution in [1.29, 1.82) is 0 Å². The SMILES string of the molecule is OCc1cc(OCc2ccc(F)cc2Br)ccc1Br. The first-order chi connectivity index (χ1) is 9.10. The number of ether oxygens (including phenoxy) is 1. The largest absolute Gasteiger partial charge is 0.489 e. The molecule has 0 bridgehead atoms. The van der Waals surface area contributed by atoms with E-state index in [1.54, 1.807) is 18.2 Å². The number of hydrogen-bond acceptors (Lipinski definition) is 2. The van der Waals surface area contributed by atoms with Crippen LogP contribution >= 0.6 is 31.9 Å². The molecule has 19 heavy (non-hydrogen) atoms. The van der Waals surface area contributed by atoms with Gasteiger partial charge >= 0.3 is 0 Å². The second-order valence-corrected chi connectivity index (χ2v) is 5.64. The molecule has 1 N–H and O–H groups in total. The minimum atomic E-state index is -0.290. The van der Waals surface area contributed by atoms with E-state index >= 15 is 0 Å². The molecule has 0 saturated heterocycles. The third-order valence-corrected chi connectivity index (χ3v) is 4.11. The highest BCUT2D eigenvalue weighted by Gasteiger charge is 2.05. The van der Waals surface area contributed by atoms with Crippen LogP contribution in [0.25, 0.3) is 0 Å². The summed E-state index contributed by atoms with van der Waals surface area (Å²) in [6.45, 7) is 0.269. The molecule has 0 heterocycles. The van der Waals surface area contributed by atoms with E-state index in [2.05, 4.69) is 31.9 Å². The van der Waals surface area contributed by atoms with Crippen LogP contribution in [0, 0.1) is 5.82 Å². The van der Waals surface area contributed by atoms with Crippen LogP contribution in [-0.2, 0) is 13.2 Å². The summed E-state index contributed by atoms with van der Waals surface area (Å²) in [7, 11) is 0. The molecule has 0 atom stereocenters. The molecule has 0 spiro atoms. The second-order valence-electron chi connectivity index (χ2n) is 3.94. The number of benzene rings is 2. The molecule has 0 aliphatic heterocycles. The Bertz CT molecular complexity index is 588. The molecular formula is C14H11Br2FO2. The van der Waals surface area contributed by atoms with Gasteiger partial charge in [-0.1, -0.05) is 37.9 Å². The van der Waals surface area contributed by atoms with Crippen molar-refractivity contribution in [2.45, 2.75) is 13.2 Å². The fourth-order valence-corrected chi connectivity index (χ4v) is 2.40. The average molecular weight is 390 g/mol. The van der Waals surface area contributed by atoms with Gasteiger partial charge in [-0.15, -0.1) is 0 Å². The molecule has 0 saturated carbocycles. The Hall–Kier alpha value is -0.910. The predicted molar refractivity (Wildman–Crippen MR) is 78.5 cm³/mol. The van der Waals surface area contributed by atoms with Crippen molar-refractivity contribution in [3.63, 3.8) is 0 Å². The van der Waals surface area contributed by atoms with Gasteiger partial charge in [0.2, 0.25) is 0 Å². The van der Waals surface area contributed by atoms with Gasteiger partial charge in [0.15, 0.2) is 0 Å². The average Bonchev–Trinajstić information content (AvgIpc) is 2.39. The molecule has 2 rings (SSSR count). The zero-order valence-electron chi connectivity index (χ0n) is 9.87. The quantitative estimate of drug-likeness (QED) is 0.838. The molecule has 0 amide bonds. The van der Waals surface area contributed by atoms with Gasteiger partial charge in [-0.05, 0) is 35.9 Å². The monoisotopic (exact) mass is 388 g/mol. The van der Waals surface area contributed by atoms with Crippen LogP contribution in [0.15, 0.2) is 45.3 Å². The lowest BCUT2D eigenvalue weighted by atomic mass is 10.2. The molecular weight excluding hydrogens is 379 g/mol. The number of rotatable bonds is 4. The Labute approximate surface area is 127 Å². The number of hydrogen-bond donors (Lipinski definition) is 1. The van der Waals surface area contributed by atoms with Gasteiger partial charge in [-0.25, -0.2) is 4.39 Å². The first kappa shape index (κ1) is 14.5. The molecule has 0 aliphatic rings. The third kappa shape index (κ3) is 3.78. The predicted octanol–water partition coefficient (Wildman–Crippen LogP) is 4.42. The van der Waals surface area contributed by atoms with E-state index in [-0.39, 0.29) is 12.4 Å². The van der Waals surface area contributed by atoms with Crippen molar-refractivity contribution in [3.8, 4) is 5.75 Å². The maximum Gasteiger partial charge on any atom is 0.124 e. The van der Waals surface area contributed by atoms with Crippen LogP contribution in [0.4, 0.5) is 4.39 Å². The van der Waals surface area contributed by atoms with Crippen LogP contribution in [-0.4, -0.2) is 5.11 Å². The van der Waals surface area contributed by atoms with E-state index in [9.17, 15) is 4.39 Å². The van der Waals surface area contributed by atoms with Crippen LogP contribution < -0.4 is 4.74 Å².